The Bertz CT molecular complexity index is 714. The van der Waals surface area contributed by atoms with Crippen molar-refractivity contribution in [2.45, 2.75) is 19.4 Å². The molecule has 0 radical (unpaired) electrons. The fourth-order valence-electron chi connectivity index (χ4n) is 2.71. The van der Waals surface area contributed by atoms with Crippen LogP contribution in [0.3, 0.4) is 0 Å². The number of rotatable bonds is 1. The van der Waals surface area contributed by atoms with Gasteiger partial charge in [0.15, 0.2) is 0 Å². The van der Waals surface area contributed by atoms with Gasteiger partial charge in [-0.25, -0.2) is 0 Å². The van der Waals surface area contributed by atoms with Crippen molar-refractivity contribution < 1.29 is 4.79 Å². The maximum atomic E-state index is 12.8. The summed E-state index contributed by atoms with van der Waals surface area (Å²) >= 11 is 13.9. The number of nitrogen functional groups attached to an aromatic ring is 1. The first-order chi connectivity index (χ1) is 9.99. The van der Waals surface area contributed by atoms with E-state index in [1.807, 2.05) is 11.8 Å². The topological polar surface area (TPSA) is 46.3 Å². The highest BCUT2D eigenvalue weighted by Gasteiger charge is 2.30. The Labute approximate surface area is 137 Å². The Balaban J connectivity index is 1.97. The molecule has 0 fully saturated rings. The average Bonchev–Trinajstić information content (AvgIpc) is 2.92. The van der Waals surface area contributed by atoms with Gasteiger partial charge in [0, 0.05) is 17.1 Å². The Morgan fingerprint density at radius 1 is 1.43 bits per heavy atom. The Hall–Kier alpha value is -1.23. The van der Waals surface area contributed by atoms with E-state index < -0.39 is 0 Å². The quantitative estimate of drug-likeness (QED) is 0.782. The van der Waals surface area contributed by atoms with Crippen molar-refractivity contribution >= 4 is 46.1 Å². The molecule has 2 N–H and O–H groups in total. The van der Waals surface area contributed by atoms with Gasteiger partial charge in [-0.3, -0.25) is 4.79 Å². The molecule has 0 aliphatic carbocycles. The molecule has 6 heteroatoms. The number of halogens is 2. The molecule has 2 aromatic rings. The molecule has 0 spiro atoms. The number of carbonyl (C=O) groups excluding carboxylic acids is 1. The number of thiophene rings is 1. The maximum absolute atomic E-state index is 12.8. The highest BCUT2D eigenvalue weighted by molar-refractivity contribution is 7.10. The molecule has 1 aromatic carbocycles. The number of anilines is 1. The number of carbonyl (C=O) groups is 1. The van der Waals surface area contributed by atoms with Gasteiger partial charge in [0.1, 0.15) is 0 Å². The molecule has 2 heterocycles. The molecule has 0 bridgehead atoms. The van der Waals surface area contributed by atoms with Crippen LogP contribution in [0, 0.1) is 0 Å². The Kier molecular flexibility index (Phi) is 3.86. The van der Waals surface area contributed by atoms with E-state index in [1.54, 1.807) is 23.5 Å². The van der Waals surface area contributed by atoms with Crippen LogP contribution in [0.5, 0.6) is 0 Å². The zero-order chi connectivity index (χ0) is 15.1. The number of benzene rings is 1. The minimum atomic E-state index is -0.126. The van der Waals surface area contributed by atoms with Crippen LogP contribution in [-0.2, 0) is 6.42 Å². The molecule has 0 saturated carbocycles. The van der Waals surface area contributed by atoms with Crippen LogP contribution in [0.4, 0.5) is 5.69 Å². The van der Waals surface area contributed by atoms with Crippen LogP contribution in [-0.4, -0.2) is 17.4 Å². The number of fused-ring (bicyclic) bond motifs is 1. The molecule has 110 valence electrons. The lowest BCUT2D eigenvalue weighted by Gasteiger charge is -2.34. The van der Waals surface area contributed by atoms with E-state index >= 15 is 0 Å². The standard InChI is InChI=1S/C15H14Cl2N2OS/c1-8-10-3-5-21-13(10)2-4-19(8)15(20)11-6-9(18)7-12(16)14(11)17/h3,5-8H,2,4,18H2,1H3. The van der Waals surface area contributed by atoms with Crippen LogP contribution >= 0.6 is 34.5 Å². The number of amides is 1. The summed E-state index contributed by atoms with van der Waals surface area (Å²) < 4.78 is 0. The molecule has 0 saturated heterocycles. The normalized spacial score (nSPS) is 17.7. The minimum Gasteiger partial charge on any atom is -0.399 e. The monoisotopic (exact) mass is 340 g/mol. The van der Waals surface area contributed by atoms with E-state index in [2.05, 4.69) is 11.4 Å². The predicted octanol–water partition coefficient (Wildman–Crippen LogP) is 4.40. The number of nitrogens with two attached hydrogens (primary N) is 1. The number of hydrogen-bond donors (Lipinski definition) is 1. The van der Waals surface area contributed by atoms with Crippen LogP contribution in [0.1, 0.15) is 33.8 Å². The summed E-state index contributed by atoms with van der Waals surface area (Å²) in [5.41, 5.74) is 7.80. The molecule has 1 aromatic heterocycles. The summed E-state index contributed by atoms with van der Waals surface area (Å²) in [7, 11) is 0. The SMILES string of the molecule is CC1c2ccsc2CCN1C(=O)c1cc(N)cc(Cl)c1Cl. The van der Waals surface area contributed by atoms with Gasteiger partial charge in [0.2, 0.25) is 0 Å². The zero-order valence-corrected chi connectivity index (χ0v) is 13.7. The van der Waals surface area contributed by atoms with E-state index in [9.17, 15) is 4.79 Å². The molecule has 21 heavy (non-hydrogen) atoms. The van der Waals surface area contributed by atoms with Gasteiger partial charge in [0.05, 0.1) is 21.7 Å². The van der Waals surface area contributed by atoms with E-state index in [1.165, 1.54) is 10.4 Å². The van der Waals surface area contributed by atoms with E-state index in [0.29, 0.717) is 22.8 Å². The summed E-state index contributed by atoms with van der Waals surface area (Å²) in [6.07, 6.45) is 0.872. The first-order valence-corrected chi connectivity index (χ1v) is 8.24. The minimum absolute atomic E-state index is 0.0313. The lowest BCUT2D eigenvalue weighted by molar-refractivity contribution is 0.0679. The van der Waals surface area contributed by atoms with Gasteiger partial charge in [-0.1, -0.05) is 23.2 Å². The van der Waals surface area contributed by atoms with Gasteiger partial charge in [0.25, 0.3) is 5.91 Å². The van der Waals surface area contributed by atoms with Crippen LogP contribution in [0.25, 0.3) is 0 Å². The summed E-state index contributed by atoms with van der Waals surface area (Å²) in [5.74, 6) is -0.126. The molecule has 1 unspecified atom stereocenters. The summed E-state index contributed by atoms with van der Waals surface area (Å²) in [6.45, 7) is 2.71. The second-order valence-corrected chi connectivity index (χ2v) is 6.87. The molecule has 1 atom stereocenters. The van der Waals surface area contributed by atoms with Crippen LogP contribution in [0.2, 0.25) is 10.0 Å². The molecule has 3 rings (SSSR count). The van der Waals surface area contributed by atoms with Crippen molar-refractivity contribution in [2.75, 3.05) is 12.3 Å². The van der Waals surface area contributed by atoms with Gasteiger partial charge in [-0.05, 0) is 42.5 Å². The summed E-state index contributed by atoms with van der Waals surface area (Å²) in [6, 6.07) is 5.26. The van der Waals surface area contributed by atoms with Gasteiger partial charge >= 0.3 is 0 Å². The fraction of sp³-hybridized carbons (Fsp3) is 0.267. The highest BCUT2D eigenvalue weighted by Crippen LogP contribution is 2.36. The molecular formula is C15H14Cl2N2OS. The molecule has 1 aliphatic heterocycles. The zero-order valence-electron chi connectivity index (χ0n) is 11.4. The van der Waals surface area contributed by atoms with Crippen LogP contribution in [0.15, 0.2) is 23.6 Å². The van der Waals surface area contributed by atoms with E-state index in [4.69, 9.17) is 28.9 Å². The highest BCUT2D eigenvalue weighted by atomic mass is 35.5. The third-order valence-corrected chi connectivity index (χ3v) is 5.62. The van der Waals surface area contributed by atoms with Crippen molar-refractivity contribution in [3.8, 4) is 0 Å². The van der Waals surface area contributed by atoms with Gasteiger partial charge in [-0.2, -0.15) is 0 Å². The second kappa shape index (κ2) is 5.52. The van der Waals surface area contributed by atoms with E-state index in [-0.39, 0.29) is 17.0 Å². The van der Waals surface area contributed by atoms with Crippen molar-refractivity contribution in [1.29, 1.82) is 0 Å². The smallest absolute Gasteiger partial charge is 0.256 e. The maximum Gasteiger partial charge on any atom is 0.256 e. The second-order valence-electron chi connectivity index (χ2n) is 5.09. The number of nitrogens with zero attached hydrogens (tertiary/aromatic N) is 1. The average molecular weight is 341 g/mol. The van der Waals surface area contributed by atoms with Gasteiger partial charge < -0.3 is 10.6 Å². The third-order valence-electron chi connectivity index (χ3n) is 3.82. The fourth-order valence-corrected chi connectivity index (χ4v) is 4.09. The first kappa shape index (κ1) is 14.7. The van der Waals surface area contributed by atoms with Crippen molar-refractivity contribution in [2.24, 2.45) is 0 Å². The molecule has 1 aliphatic rings. The Morgan fingerprint density at radius 3 is 2.95 bits per heavy atom. The Morgan fingerprint density at radius 2 is 2.19 bits per heavy atom. The van der Waals surface area contributed by atoms with E-state index in [0.717, 1.165) is 6.42 Å². The van der Waals surface area contributed by atoms with Crippen molar-refractivity contribution in [3.63, 3.8) is 0 Å². The molecule has 3 nitrogen and oxygen atoms in total. The van der Waals surface area contributed by atoms with Crippen molar-refractivity contribution in [1.82, 2.24) is 4.90 Å². The summed E-state index contributed by atoms with van der Waals surface area (Å²) in [5, 5.41) is 2.64. The van der Waals surface area contributed by atoms with Crippen LogP contribution < -0.4 is 5.73 Å². The summed E-state index contributed by atoms with van der Waals surface area (Å²) in [4.78, 5) is 16.0. The molecule has 1 amide bonds. The largest absolute Gasteiger partial charge is 0.399 e. The third kappa shape index (κ3) is 2.52. The van der Waals surface area contributed by atoms with Crippen molar-refractivity contribution in [3.05, 3.63) is 49.6 Å². The lowest BCUT2D eigenvalue weighted by Crippen LogP contribution is -2.38. The lowest BCUT2D eigenvalue weighted by atomic mass is 10.00. The van der Waals surface area contributed by atoms with Gasteiger partial charge in [-0.15, -0.1) is 11.3 Å². The predicted molar refractivity (Wildman–Crippen MR) is 88.3 cm³/mol. The molecular weight excluding hydrogens is 327 g/mol. The first-order valence-electron chi connectivity index (χ1n) is 6.60. The number of hydrogen-bond acceptors (Lipinski definition) is 3.